The van der Waals surface area contributed by atoms with Crippen LogP contribution in [0.25, 0.3) is 0 Å². The predicted molar refractivity (Wildman–Crippen MR) is 127 cm³/mol. The Hall–Kier alpha value is -3.53. The van der Waals surface area contributed by atoms with Crippen LogP contribution in [0.4, 0.5) is 17.5 Å². The van der Waals surface area contributed by atoms with E-state index in [1.807, 2.05) is 19.9 Å². The van der Waals surface area contributed by atoms with Gasteiger partial charge in [0.1, 0.15) is 5.82 Å². The lowest BCUT2D eigenvalue weighted by atomic mass is 9.96. The third-order valence-corrected chi connectivity index (χ3v) is 6.83. The van der Waals surface area contributed by atoms with Gasteiger partial charge in [-0.15, -0.1) is 0 Å². The van der Waals surface area contributed by atoms with Crippen molar-refractivity contribution in [2.45, 2.75) is 31.6 Å². The summed E-state index contributed by atoms with van der Waals surface area (Å²) in [6.07, 6.45) is 2.90. The zero-order valence-electron chi connectivity index (χ0n) is 18.5. The van der Waals surface area contributed by atoms with Gasteiger partial charge in [-0.3, -0.25) is 9.52 Å². The molecule has 4 rings (SSSR count). The molecule has 0 radical (unpaired) electrons. The molecule has 0 bridgehead atoms. The highest BCUT2D eigenvalue weighted by Gasteiger charge is 2.26. The smallest absolute Gasteiger partial charge is 0.263 e. The van der Waals surface area contributed by atoms with Crippen LogP contribution in [-0.2, 0) is 14.8 Å². The van der Waals surface area contributed by atoms with E-state index in [1.54, 1.807) is 30.3 Å². The monoisotopic (exact) mass is 466 g/mol. The molecular weight excluding hydrogens is 440 g/mol. The van der Waals surface area contributed by atoms with E-state index in [0.29, 0.717) is 37.6 Å². The maximum absolute atomic E-state index is 12.7. The Morgan fingerprint density at radius 2 is 1.67 bits per heavy atom. The summed E-state index contributed by atoms with van der Waals surface area (Å²) >= 11 is 0. The normalized spacial score (nSPS) is 14.7. The van der Waals surface area contributed by atoms with E-state index in [-0.39, 0.29) is 22.5 Å². The number of nitrogens with zero attached hydrogens (tertiary/aromatic N) is 4. The minimum absolute atomic E-state index is 0.0711. The molecule has 10 heteroatoms. The predicted octanol–water partition coefficient (Wildman–Crippen LogP) is 3.14. The summed E-state index contributed by atoms with van der Waals surface area (Å²) < 4.78 is 27.5. The third-order valence-electron chi connectivity index (χ3n) is 5.46. The van der Waals surface area contributed by atoms with Crippen molar-refractivity contribution in [3.05, 3.63) is 66.1 Å². The van der Waals surface area contributed by atoms with Crippen LogP contribution >= 0.6 is 0 Å². The largest absolute Gasteiger partial charge is 0.341 e. The Bertz CT molecular complexity index is 1200. The molecule has 9 nitrogen and oxygen atoms in total. The number of carbonyl (C=O) groups excluding carboxylic acids is 1. The lowest BCUT2D eigenvalue weighted by Crippen LogP contribution is -2.39. The van der Waals surface area contributed by atoms with Crippen LogP contribution in [0.15, 0.2) is 59.6 Å². The number of hydrogen-bond acceptors (Lipinski definition) is 7. The second-order valence-corrected chi connectivity index (χ2v) is 9.73. The fourth-order valence-electron chi connectivity index (χ4n) is 3.77. The maximum Gasteiger partial charge on any atom is 0.263 e. The van der Waals surface area contributed by atoms with Crippen molar-refractivity contribution < 1.29 is 13.2 Å². The number of sulfonamides is 1. The molecular formula is C23H26N6O3S. The second-order valence-electron chi connectivity index (χ2n) is 8.05. The van der Waals surface area contributed by atoms with Crippen LogP contribution in [0, 0.1) is 19.8 Å². The summed E-state index contributed by atoms with van der Waals surface area (Å²) in [5.74, 6) is 0.759. The van der Waals surface area contributed by atoms with Crippen molar-refractivity contribution >= 4 is 33.4 Å². The molecule has 0 saturated carbocycles. The SMILES string of the molecule is Cc1cc(C)nc(N2CCC(C(=O)Nc3ccc(S(=O)(=O)Nc4ccccn4)cc3)CC2)n1. The van der Waals surface area contributed by atoms with Crippen molar-refractivity contribution in [2.75, 3.05) is 28.0 Å². The molecule has 0 aliphatic carbocycles. The quantitative estimate of drug-likeness (QED) is 0.573. The van der Waals surface area contributed by atoms with Gasteiger partial charge in [0.2, 0.25) is 11.9 Å². The Morgan fingerprint density at radius 1 is 1.00 bits per heavy atom. The molecule has 1 aliphatic heterocycles. The van der Waals surface area contributed by atoms with E-state index in [4.69, 9.17) is 0 Å². The van der Waals surface area contributed by atoms with Crippen LogP contribution in [0.1, 0.15) is 24.2 Å². The number of hydrogen-bond donors (Lipinski definition) is 2. The number of rotatable bonds is 6. The van der Waals surface area contributed by atoms with Gasteiger partial charge in [0.25, 0.3) is 10.0 Å². The van der Waals surface area contributed by atoms with Crippen LogP contribution in [0.3, 0.4) is 0 Å². The minimum Gasteiger partial charge on any atom is -0.341 e. The first-order valence-corrected chi connectivity index (χ1v) is 12.2. The average molecular weight is 467 g/mol. The number of carbonyl (C=O) groups is 1. The summed E-state index contributed by atoms with van der Waals surface area (Å²) in [6, 6.07) is 13.0. The van der Waals surface area contributed by atoms with Crippen LogP contribution in [0.5, 0.6) is 0 Å². The van der Waals surface area contributed by atoms with E-state index in [9.17, 15) is 13.2 Å². The molecule has 33 heavy (non-hydrogen) atoms. The van der Waals surface area contributed by atoms with E-state index in [0.717, 1.165) is 11.4 Å². The summed E-state index contributed by atoms with van der Waals surface area (Å²) in [5.41, 5.74) is 2.41. The molecule has 1 fully saturated rings. The molecule has 3 aromatic rings. The molecule has 1 amide bonds. The lowest BCUT2D eigenvalue weighted by molar-refractivity contribution is -0.120. The fourth-order valence-corrected chi connectivity index (χ4v) is 4.78. The number of benzene rings is 1. The van der Waals surface area contributed by atoms with E-state index in [1.165, 1.54) is 18.3 Å². The summed E-state index contributed by atoms with van der Waals surface area (Å²) in [6.45, 7) is 5.31. The van der Waals surface area contributed by atoms with Gasteiger partial charge in [0.05, 0.1) is 4.90 Å². The number of pyridine rings is 1. The Morgan fingerprint density at radius 3 is 2.27 bits per heavy atom. The molecule has 172 valence electrons. The first kappa shape index (κ1) is 22.7. The van der Waals surface area contributed by atoms with Crippen molar-refractivity contribution in [3.8, 4) is 0 Å². The standard InChI is InChI=1S/C23H26N6O3S/c1-16-15-17(2)26-23(25-16)29-13-10-18(11-14-29)22(30)27-19-6-8-20(9-7-19)33(31,32)28-21-5-3-4-12-24-21/h3-9,12,15,18H,10-11,13-14H2,1-2H3,(H,24,28)(H,27,30). The number of amides is 1. The first-order valence-electron chi connectivity index (χ1n) is 10.7. The zero-order chi connectivity index (χ0) is 23.4. The van der Waals surface area contributed by atoms with Crippen LogP contribution in [0.2, 0.25) is 0 Å². The molecule has 1 aromatic carbocycles. The highest BCUT2D eigenvalue weighted by molar-refractivity contribution is 7.92. The molecule has 0 spiro atoms. The van der Waals surface area contributed by atoms with Gasteiger partial charge in [-0.2, -0.15) is 0 Å². The van der Waals surface area contributed by atoms with Gasteiger partial charge < -0.3 is 10.2 Å². The highest BCUT2D eigenvalue weighted by Crippen LogP contribution is 2.23. The molecule has 2 N–H and O–H groups in total. The van der Waals surface area contributed by atoms with Gasteiger partial charge >= 0.3 is 0 Å². The maximum atomic E-state index is 12.7. The van der Waals surface area contributed by atoms with Crippen molar-refractivity contribution in [2.24, 2.45) is 5.92 Å². The Balaban J connectivity index is 1.33. The van der Waals surface area contributed by atoms with Gasteiger partial charge in [-0.25, -0.2) is 23.4 Å². The van der Waals surface area contributed by atoms with Gasteiger partial charge in [-0.05, 0) is 69.2 Å². The van der Waals surface area contributed by atoms with Crippen molar-refractivity contribution in [1.29, 1.82) is 0 Å². The summed E-state index contributed by atoms with van der Waals surface area (Å²) in [7, 11) is -3.76. The highest BCUT2D eigenvalue weighted by atomic mass is 32.2. The van der Waals surface area contributed by atoms with Gasteiger partial charge in [0, 0.05) is 42.3 Å². The summed E-state index contributed by atoms with van der Waals surface area (Å²) in [5, 5.41) is 2.90. The van der Waals surface area contributed by atoms with Crippen molar-refractivity contribution in [1.82, 2.24) is 15.0 Å². The second kappa shape index (κ2) is 9.53. The number of nitrogens with one attached hydrogen (secondary N) is 2. The van der Waals surface area contributed by atoms with E-state index in [2.05, 4.69) is 29.9 Å². The first-order chi connectivity index (χ1) is 15.8. The molecule has 0 atom stereocenters. The topological polar surface area (TPSA) is 117 Å². The molecule has 1 aliphatic rings. The number of piperidine rings is 1. The van der Waals surface area contributed by atoms with E-state index < -0.39 is 10.0 Å². The zero-order valence-corrected chi connectivity index (χ0v) is 19.3. The molecule has 0 unspecified atom stereocenters. The molecule has 2 aromatic heterocycles. The third kappa shape index (κ3) is 5.64. The lowest BCUT2D eigenvalue weighted by Gasteiger charge is -2.31. The minimum atomic E-state index is -3.76. The van der Waals surface area contributed by atoms with Crippen LogP contribution < -0.4 is 14.9 Å². The Labute approximate surface area is 193 Å². The fraction of sp³-hybridized carbons (Fsp3) is 0.304. The number of anilines is 3. The average Bonchev–Trinajstić information content (AvgIpc) is 2.79. The number of aromatic nitrogens is 3. The van der Waals surface area contributed by atoms with Gasteiger partial charge in [-0.1, -0.05) is 6.07 Å². The van der Waals surface area contributed by atoms with E-state index >= 15 is 0 Å². The van der Waals surface area contributed by atoms with Crippen molar-refractivity contribution in [3.63, 3.8) is 0 Å². The van der Waals surface area contributed by atoms with Crippen LogP contribution in [-0.4, -0.2) is 42.4 Å². The summed E-state index contributed by atoms with van der Waals surface area (Å²) in [4.78, 5) is 27.9. The Kier molecular flexibility index (Phi) is 6.55. The molecule has 3 heterocycles. The number of aryl methyl sites for hydroxylation is 2. The van der Waals surface area contributed by atoms with Gasteiger partial charge in [0.15, 0.2) is 0 Å². The molecule has 1 saturated heterocycles.